The fraction of sp³-hybridized carbons (Fsp3) is 0. The molecule has 0 fully saturated rings. The Kier molecular flexibility index (Phi) is 3.92. The molecule has 5 rings (SSSR count). The number of rotatable bonds is 2. The largest absolute Gasteiger partial charge is 0.307 e. The fourth-order valence-electron chi connectivity index (χ4n) is 3.42. The number of aromatic amines is 1. The molecule has 28 heavy (non-hydrogen) atoms. The molecule has 0 unspecified atom stereocenters. The molecule has 0 radical (unpaired) electrons. The topological polar surface area (TPSA) is 58.6 Å². The average Bonchev–Trinajstić information content (AvgIpc) is 2.73. The summed E-state index contributed by atoms with van der Waals surface area (Å²) in [5.41, 5.74) is 4.80. The molecule has 5 aromatic rings. The summed E-state index contributed by atoms with van der Waals surface area (Å²) in [4.78, 5) is 23.7. The van der Waals surface area contributed by atoms with Gasteiger partial charge in [-0.05, 0) is 35.9 Å². The van der Waals surface area contributed by atoms with Gasteiger partial charge in [-0.15, -0.1) is 0 Å². The lowest BCUT2D eigenvalue weighted by Crippen LogP contribution is -2.04. The molecule has 3 aromatic heterocycles. The van der Waals surface area contributed by atoms with Crippen LogP contribution >= 0.6 is 11.6 Å². The van der Waals surface area contributed by atoms with Crippen LogP contribution in [0.15, 0.2) is 83.8 Å². The maximum absolute atomic E-state index is 11.8. The van der Waals surface area contributed by atoms with E-state index in [1.54, 1.807) is 12.3 Å². The Morgan fingerprint density at radius 3 is 2.54 bits per heavy atom. The molecular weight excluding hydrogens is 370 g/mol. The van der Waals surface area contributed by atoms with E-state index < -0.39 is 0 Å². The quantitative estimate of drug-likeness (QED) is 0.440. The first-order valence-corrected chi connectivity index (χ1v) is 9.21. The number of hydrogen-bond acceptors (Lipinski definition) is 3. The Morgan fingerprint density at radius 2 is 1.68 bits per heavy atom. The van der Waals surface area contributed by atoms with E-state index in [-0.39, 0.29) is 5.56 Å². The number of halogens is 1. The second kappa shape index (κ2) is 6.59. The zero-order valence-electron chi connectivity index (χ0n) is 14.7. The number of pyridine rings is 3. The maximum Gasteiger partial charge on any atom is 0.249 e. The van der Waals surface area contributed by atoms with Crippen molar-refractivity contribution in [3.8, 4) is 22.4 Å². The Morgan fingerprint density at radius 1 is 0.821 bits per heavy atom. The van der Waals surface area contributed by atoms with Gasteiger partial charge in [-0.2, -0.15) is 0 Å². The van der Waals surface area contributed by atoms with E-state index in [1.807, 2.05) is 54.6 Å². The highest BCUT2D eigenvalue weighted by Gasteiger charge is 2.14. The third-order valence-electron chi connectivity index (χ3n) is 4.72. The van der Waals surface area contributed by atoms with Crippen LogP contribution in [0.3, 0.4) is 0 Å². The van der Waals surface area contributed by atoms with Gasteiger partial charge in [0.15, 0.2) is 0 Å². The number of benzene rings is 2. The molecule has 0 saturated heterocycles. The average molecular weight is 384 g/mol. The van der Waals surface area contributed by atoms with Crippen molar-refractivity contribution in [3.63, 3.8) is 0 Å². The predicted molar refractivity (Wildman–Crippen MR) is 114 cm³/mol. The van der Waals surface area contributed by atoms with Gasteiger partial charge in [0.05, 0.1) is 16.2 Å². The van der Waals surface area contributed by atoms with Crippen LogP contribution in [0.2, 0.25) is 5.02 Å². The summed E-state index contributed by atoms with van der Waals surface area (Å²) in [5, 5.41) is 2.41. The molecule has 2 aromatic carbocycles. The lowest BCUT2D eigenvalue weighted by Gasteiger charge is -2.12. The maximum atomic E-state index is 11.8. The normalized spacial score (nSPS) is 11.2. The van der Waals surface area contributed by atoms with Gasteiger partial charge in [0.25, 0.3) is 0 Å². The summed E-state index contributed by atoms with van der Waals surface area (Å²) in [5.74, 6) is 0. The van der Waals surface area contributed by atoms with Gasteiger partial charge in [-0.1, -0.05) is 48.0 Å². The second-order valence-corrected chi connectivity index (χ2v) is 6.95. The van der Waals surface area contributed by atoms with Gasteiger partial charge >= 0.3 is 0 Å². The standard InChI is InChI=1S/C23H14ClN3O/c24-19-13-17(11-15-7-4-10-25-22(15)19)18-12-16-8-9-20(28)26-23(16)27-21(18)14-5-2-1-3-6-14/h1-13H,(H,26,27,28). The Labute approximate surface area is 165 Å². The molecule has 0 aliphatic heterocycles. The lowest BCUT2D eigenvalue weighted by molar-refractivity contribution is 1.23. The highest BCUT2D eigenvalue weighted by Crippen LogP contribution is 2.36. The van der Waals surface area contributed by atoms with E-state index in [9.17, 15) is 4.79 Å². The molecule has 0 atom stereocenters. The zero-order chi connectivity index (χ0) is 19.1. The van der Waals surface area contributed by atoms with E-state index >= 15 is 0 Å². The van der Waals surface area contributed by atoms with Crippen LogP contribution in [0.5, 0.6) is 0 Å². The van der Waals surface area contributed by atoms with Gasteiger partial charge in [0.1, 0.15) is 5.65 Å². The minimum absolute atomic E-state index is 0.174. The van der Waals surface area contributed by atoms with Gasteiger partial charge in [0, 0.05) is 34.2 Å². The van der Waals surface area contributed by atoms with Crippen molar-refractivity contribution >= 4 is 33.5 Å². The van der Waals surface area contributed by atoms with E-state index in [0.29, 0.717) is 10.7 Å². The second-order valence-electron chi connectivity index (χ2n) is 6.54. The van der Waals surface area contributed by atoms with Gasteiger partial charge < -0.3 is 4.98 Å². The fourth-order valence-corrected chi connectivity index (χ4v) is 3.69. The van der Waals surface area contributed by atoms with Crippen molar-refractivity contribution in [3.05, 3.63) is 94.4 Å². The number of nitrogens with one attached hydrogen (secondary N) is 1. The third-order valence-corrected chi connectivity index (χ3v) is 5.01. The van der Waals surface area contributed by atoms with Crippen LogP contribution in [-0.4, -0.2) is 15.0 Å². The number of nitrogens with zero attached hydrogens (tertiary/aromatic N) is 2. The SMILES string of the molecule is O=c1ccc2cc(-c3cc(Cl)c4ncccc4c3)c(-c3ccccc3)nc2[nH]1. The molecule has 0 amide bonds. The third kappa shape index (κ3) is 2.84. The Bertz CT molecular complexity index is 1390. The predicted octanol–water partition coefficient (Wildman–Crippen LogP) is 5.46. The van der Waals surface area contributed by atoms with Crippen molar-refractivity contribution in [2.24, 2.45) is 0 Å². The van der Waals surface area contributed by atoms with Crippen LogP contribution in [0.4, 0.5) is 0 Å². The smallest absolute Gasteiger partial charge is 0.249 e. The molecule has 0 spiro atoms. The minimum Gasteiger partial charge on any atom is -0.307 e. The van der Waals surface area contributed by atoms with Crippen molar-refractivity contribution in [1.29, 1.82) is 0 Å². The van der Waals surface area contributed by atoms with E-state index in [1.165, 1.54) is 6.07 Å². The molecule has 1 N–H and O–H groups in total. The van der Waals surface area contributed by atoms with Crippen LogP contribution in [0.25, 0.3) is 44.3 Å². The molecular formula is C23H14ClN3O. The molecule has 3 heterocycles. The van der Waals surface area contributed by atoms with Crippen molar-refractivity contribution < 1.29 is 0 Å². The summed E-state index contributed by atoms with van der Waals surface area (Å²) in [6.07, 6.45) is 1.73. The van der Waals surface area contributed by atoms with E-state index in [0.717, 1.165) is 38.7 Å². The van der Waals surface area contributed by atoms with Crippen LogP contribution in [0.1, 0.15) is 0 Å². The first-order chi connectivity index (χ1) is 13.7. The summed E-state index contributed by atoms with van der Waals surface area (Å²) in [6, 6.07) is 23.1. The van der Waals surface area contributed by atoms with Gasteiger partial charge in [-0.3, -0.25) is 9.78 Å². The number of fused-ring (bicyclic) bond motifs is 2. The van der Waals surface area contributed by atoms with Gasteiger partial charge in [0.2, 0.25) is 5.56 Å². The van der Waals surface area contributed by atoms with Crippen molar-refractivity contribution in [2.45, 2.75) is 0 Å². The van der Waals surface area contributed by atoms with Gasteiger partial charge in [-0.25, -0.2) is 4.98 Å². The Balaban J connectivity index is 1.85. The molecule has 0 aliphatic rings. The minimum atomic E-state index is -0.174. The summed E-state index contributed by atoms with van der Waals surface area (Å²) in [7, 11) is 0. The number of aromatic nitrogens is 3. The van der Waals surface area contributed by atoms with Crippen LogP contribution < -0.4 is 5.56 Å². The van der Waals surface area contributed by atoms with E-state index in [4.69, 9.17) is 16.6 Å². The Hall–Kier alpha value is -3.50. The number of hydrogen-bond donors (Lipinski definition) is 1. The molecule has 0 bridgehead atoms. The molecule has 5 heteroatoms. The first-order valence-electron chi connectivity index (χ1n) is 8.83. The summed E-state index contributed by atoms with van der Waals surface area (Å²) < 4.78 is 0. The summed E-state index contributed by atoms with van der Waals surface area (Å²) >= 11 is 6.52. The molecule has 134 valence electrons. The van der Waals surface area contributed by atoms with Crippen LogP contribution in [-0.2, 0) is 0 Å². The first kappa shape index (κ1) is 16.7. The highest BCUT2D eigenvalue weighted by atomic mass is 35.5. The van der Waals surface area contributed by atoms with E-state index in [2.05, 4.69) is 16.0 Å². The van der Waals surface area contributed by atoms with Crippen LogP contribution in [0, 0.1) is 0 Å². The number of H-pyrrole nitrogens is 1. The zero-order valence-corrected chi connectivity index (χ0v) is 15.4. The monoisotopic (exact) mass is 383 g/mol. The molecule has 4 nitrogen and oxygen atoms in total. The lowest BCUT2D eigenvalue weighted by atomic mass is 9.97. The molecule has 0 aliphatic carbocycles. The highest BCUT2D eigenvalue weighted by molar-refractivity contribution is 6.35. The summed E-state index contributed by atoms with van der Waals surface area (Å²) in [6.45, 7) is 0. The van der Waals surface area contributed by atoms with Crippen molar-refractivity contribution in [1.82, 2.24) is 15.0 Å². The van der Waals surface area contributed by atoms with Crippen molar-refractivity contribution in [2.75, 3.05) is 0 Å². The molecule has 0 saturated carbocycles.